The van der Waals surface area contributed by atoms with Crippen molar-refractivity contribution in [1.29, 1.82) is 0 Å². The molecule has 0 aromatic heterocycles. The lowest BCUT2D eigenvalue weighted by atomic mass is 10.0. The lowest BCUT2D eigenvalue weighted by Gasteiger charge is -2.21. The number of allylic oxidation sites excluding steroid dienone is 20. The zero-order valence-electron chi connectivity index (χ0n) is 56.5. The van der Waals surface area contributed by atoms with E-state index in [-0.39, 0.29) is 19.3 Å². The summed E-state index contributed by atoms with van der Waals surface area (Å²) in [5, 5.41) is 20.5. The molecular weight excluding hydrogens is 1190 g/mol. The average Bonchev–Trinajstić information content (AvgIpc) is 3.75. The van der Waals surface area contributed by atoms with E-state index < -0.39 is 91.5 Å². The van der Waals surface area contributed by atoms with E-state index in [1.54, 1.807) is 0 Å². The summed E-state index contributed by atoms with van der Waals surface area (Å²) in [5.74, 6) is -1.61. The minimum atomic E-state index is -4.93. The summed E-state index contributed by atoms with van der Waals surface area (Å²) in [6.07, 6.45) is 75.3. The second-order valence-electron chi connectivity index (χ2n) is 22.9. The Hall–Kier alpha value is -4.05. The normalized spacial score (nSPS) is 14.9. The Bertz CT molecular complexity index is 2140. The SMILES string of the molecule is CC/C=C\C/C=C\C/C=C\C/C=C\C/C=C\CCCCCCCC(=O)OCC(O)COP(=O)(O)OCC(O)COP(=O)(O)OCC(COC(=O)CCCCCCC/C=C\C/C=C\C/C=C\C/C=C\C/C=C\CC)OC(=O)CCCCCCCCCCCCCCC. The lowest BCUT2D eigenvalue weighted by Crippen LogP contribution is -2.30. The van der Waals surface area contributed by atoms with Gasteiger partial charge in [-0.25, -0.2) is 9.13 Å². The minimum Gasteiger partial charge on any atom is -0.463 e. The van der Waals surface area contributed by atoms with Crippen LogP contribution < -0.4 is 0 Å². The van der Waals surface area contributed by atoms with Gasteiger partial charge in [0.05, 0.1) is 26.4 Å². The van der Waals surface area contributed by atoms with Gasteiger partial charge in [-0.05, 0) is 109 Å². The number of phosphoric acid groups is 2. The second-order valence-corrected chi connectivity index (χ2v) is 25.8. The molecule has 0 fully saturated rings. The summed E-state index contributed by atoms with van der Waals surface area (Å²) in [4.78, 5) is 58.4. The van der Waals surface area contributed by atoms with Crippen LogP contribution in [-0.4, -0.2) is 95.9 Å². The molecule has 0 rings (SSSR count). The average molecular weight is 1320 g/mol. The largest absolute Gasteiger partial charge is 0.472 e. The Morgan fingerprint density at radius 1 is 0.319 bits per heavy atom. The van der Waals surface area contributed by atoms with Crippen molar-refractivity contribution in [2.75, 3.05) is 39.6 Å². The number of aliphatic hydroxyl groups excluding tert-OH is 2. The molecular formula is C73H124O16P2. The van der Waals surface area contributed by atoms with Crippen molar-refractivity contribution >= 4 is 33.6 Å². The molecule has 5 unspecified atom stereocenters. The highest BCUT2D eigenvalue weighted by Gasteiger charge is 2.29. The van der Waals surface area contributed by atoms with Crippen LogP contribution in [0.5, 0.6) is 0 Å². The second kappa shape index (κ2) is 66.0. The van der Waals surface area contributed by atoms with E-state index in [2.05, 4.69) is 142 Å². The molecule has 0 heterocycles. The van der Waals surface area contributed by atoms with Crippen LogP contribution in [0.1, 0.15) is 265 Å². The fourth-order valence-corrected chi connectivity index (χ4v) is 10.5. The number of hydrogen-bond donors (Lipinski definition) is 4. The Labute approximate surface area is 551 Å². The molecule has 91 heavy (non-hydrogen) atoms. The summed E-state index contributed by atoms with van der Waals surface area (Å²) >= 11 is 0. The summed E-state index contributed by atoms with van der Waals surface area (Å²) in [6.45, 7) is 2.39. The summed E-state index contributed by atoms with van der Waals surface area (Å²) < 4.78 is 60.9. The van der Waals surface area contributed by atoms with Crippen LogP contribution in [-0.2, 0) is 55.8 Å². The van der Waals surface area contributed by atoms with Crippen molar-refractivity contribution in [3.8, 4) is 0 Å². The minimum absolute atomic E-state index is 0.0998. The smallest absolute Gasteiger partial charge is 0.463 e. The van der Waals surface area contributed by atoms with Crippen LogP contribution in [0.15, 0.2) is 122 Å². The number of hydrogen-bond acceptors (Lipinski definition) is 14. The molecule has 5 atom stereocenters. The number of carbonyl (C=O) groups is 3. The van der Waals surface area contributed by atoms with E-state index in [4.69, 9.17) is 32.3 Å². The molecule has 522 valence electrons. The van der Waals surface area contributed by atoms with Gasteiger partial charge in [-0.2, -0.15) is 0 Å². The van der Waals surface area contributed by atoms with Gasteiger partial charge in [0.1, 0.15) is 25.4 Å². The van der Waals surface area contributed by atoms with Crippen LogP contribution in [0.25, 0.3) is 0 Å². The Balaban J connectivity index is 4.67. The van der Waals surface area contributed by atoms with Gasteiger partial charge >= 0.3 is 33.6 Å². The Morgan fingerprint density at radius 3 is 0.923 bits per heavy atom. The highest BCUT2D eigenvalue weighted by atomic mass is 31.2. The lowest BCUT2D eigenvalue weighted by molar-refractivity contribution is -0.161. The van der Waals surface area contributed by atoms with Crippen LogP contribution in [0, 0.1) is 0 Å². The maximum absolute atomic E-state index is 12.9. The van der Waals surface area contributed by atoms with Crippen LogP contribution in [0.2, 0.25) is 0 Å². The van der Waals surface area contributed by atoms with E-state index in [9.17, 15) is 43.5 Å². The first kappa shape index (κ1) is 87.0. The number of phosphoric ester groups is 2. The zero-order chi connectivity index (χ0) is 66.7. The quantitative estimate of drug-likeness (QED) is 0.0146. The first-order chi connectivity index (χ1) is 44.2. The predicted octanol–water partition coefficient (Wildman–Crippen LogP) is 19.4. The maximum atomic E-state index is 12.9. The Kier molecular flexibility index (Phi) is 63.1. The van der Waals surface area contributed by atoms with E-state index in [0.717, 1.165) is 154 Å². The number of aliphatic hydroxyl groups is 2. The van der Waals surface area contributed by atoms with Crippen molar-refractivity contribution in [3.63, 3.8) is 0 Å². The first-order valence-corrected chi connectivity index (χ1v) is 37.8. The van der Waals surface area contributed by atoms with Crippen molar-refractivity contribution in [3.05, 3.63) is 122 Å². The maximum Gasteiger partial charge on any atom is 0.472 e. The van der Waals surface area contributed by atoms with Gasteiger partial charge in [-0.3, -0.25) is 32.5 Å². The monoisotopic (exact) mass is 1320 g/mol. The van der Waals surface area contributed by atoms with E-state index in [1.807, 2.05) is 0 Å². The molecule has 0 radical (unpaired) electrons. The van der Waals surface area contributed by atoms with Crippen molar-refractivity contribution in [2.24, 2.45) is 0 Å². The summed E-state index contributed by atoms with van der Waals surface area (Å²) in [6, 6.07) is 0. The highest BCUT2D eigenvalue weighted by molar-refractivity contribution is 7.47. The molecule has 0 aliphatic carbocycles. The number of rotatable bonds is 65. The van der Waals surface area contributed by atoms with E-state index in [0.29, 0.717) is 19.3 Å². The zero-order valence-corrected chi connectivity index (χ0v) is 58.3. The third kappa shape index (κ3) is 67.2. The Morgan fingerprint density at radius 2 is 0.582 bits per heavy atom. The van der Waals surface area contributed by atoms with Crippen molar-refractivity contribution in [1.82, 2.24) is 0 Å². The first-order valence-electron chi connectivity index (χ1n) is 34.8. The standard InChI is InChI=1S/C73H124O16P2/c1-4-7-10-13-16-19-22-25-27-29-31-33-35-37-39-42-44-47-50-53-56-59-71(76)83-62-68(74)63-85-90(79,80)86-64-69(75)65-87-91(81,82)88-67-70(89-73(78)61-58-55-52-49-46-41-24-21-18-15-12-9-6-3)66-84-72(77)60-57-54-51-48-45-43-40-38-36-34-32-30-28-26-23-20-17-14-11-8-5-2/h7-8,10-11,16-17,19-20,25-28,31-34,37-40,68-70,74-75H,4-6,9,12-15,18,21-24,29-30,35-36,41-67H2,1-3H3,(H,79,80)(H,81,82)/b10-7-,11-8-,19-16-,20-17-,27-25-,28-26-,33-31-,34-32-,39-37-,40-38-. The molecule has 16 nitrogen and oxygen atoms in total. The predicted molar refractivity (Wildman–Crippen MR) is 371 cm³/mol. The van der Waals surface area contributed by atoms with E-state index in [1.165, 1.54) is 51.4 Å². The molecule has 0 aliphatic heterocycles. The van der Waals surface area contributed by atoms with Gasteiger partial charge < -0.3 is 34.2 Å². The molecule has 0 bridgehead atoms. The van der Waals surface area contributed by atoms with Gasteiger partial charge in [-0.15, -0.1) is 0 Å². The van der Waals surface area contributed by atoms with Crippen LogP contribution in [0.3, 0.4) is 0 Å². The molecule has 0 amide bonds. The number of ether oxygens (including phenoxy) is 3. The van der Waals surface area contributed by atoms with Gasteiger partial charge in [0, 0.05) is 19.3 Å². The summed E-state index contributed by atoms with van der Waals surface area (Å²) in [5.41, 5.74) is 0. The molecule has 0 aliphatic rings. The molecule has 0 saturated carbocycles. The van der Waals surface area contributed by atoms with Gasteiger partial charge in [0.15, 0.2) is 6.10 Å². The van der Waals surface area contributed by atoms with Crippen molar-refractivity contribution in [2.45, 2.75) is 283 Å². The topological polar surface area (TPSA) is 231 Å². The summed E-state index contributed by atoms with van der Waals surface area (Å²) in [7, 11) is -9.79. The van der Waals surface area contributed by atoms with Gasteiger partial charge in [0.2, 0.25) is 0 Å². The van der Waals surface area contributed by atoms with E-state index >= 15 is 0 Å². The molecule has 0 saturated heterocycles. The third-order valence-corrected chi connectivity index (χ3v) is 16.1. The molecule has 0 spiro atoms. The molecule has 0 aromatic carbocycles. The molecule has 18 heteroatoms. The van der Waals surface area contributed by atoms with Gasteiger partial charge in [-0.1, -0.05) is 258 Å². The van der Waals surface area contributed by atoms with Gasteiger partial charge in [0.25, 0.3) is 0 Å². The fourth-order valence-electron chi connectivity index (χ4n) is 8.92. The number of esters is 3. The van der Waals surface area contributed by atoms with Crippen molar-refractivity contribution < 1.29 is 75.8 Å². The fraction of sp³-hybridized carbons (Fsp3) is 0.685. The number of unbranched alkanes of at least 4 members (excludes halogenated alkanes) is 22. The highest BCUT2D eigenvalue weighted by Crippen LogP contribution is 2.45. The van der Waals surface area contributed by atoms with Crippen LogP contribution >= 0.6 is 15.6 Å². The molecule has 4 N–H and O–H groups in total. The molecule has 0 aromatic rings. The third-order valence-electron chi connectivity index (χ3n) is 14.2. The number of carbonyl (C=O) groups excluding carboxylic acids is 3. The van der Waals surface area contributed by atoms with Crippen LogP contribution in [0.4, 0.5) is 0 Å².